The van der Waals surface area contributed by atoms with E-state index in [0.29, 0.717) is 0 Å². The minimum absolute atomic E-state index is 1.14. The summed E-state index contributed by atoms with van der Waals surface area (Å²) < 4.78 is 0. The predicted octanol–water partition coefficient (Wildman–Crippen LogP) is 17.6. The largest absolute Gasteiger partial charge is 0.0654 e. The molecule has 0 aromatic carbocycles. The summed E-state index contributed by atoms with van der Waals surface area (Å²) in [4.78, 5) is 0. The van der Waals surface area contributed by atoms with Crippen LogP contribution in [0.3, 0.4) is 0 Å². The highest BCUT2D eigenvalue weighted by Gasteiger charge is 2.30. The zero-order chi connectivity index (χ0) is 32.8. The first-order valence-corrected chi connectivity index (χ1v) is 25.1. The Balaban J connectivity index is 4.84. The molecule has 0 rings (SSSR count). The molecule has 0 aliphatic carbocycles. The van der Waals surface area contributed by atoms with Crippen molar-refractivity contribution >= 4 is 8.07 Å². The lowest BCUT2D eigenvalue weighted by molar-refractivity contribution is 0.560. The van der Waals surface area contributed by atoms with Crippen LogP contribution in [0.1, 0.15) is 259 Å². The molecule has 0 aromatic rings. The molecule has 0 saturated carbocycles. The van der Waals surface area contributed by atoms with Gasteiger partial charge in [0.2, 0.25) is 0 Å². The molecule has 0 unspecified atom stereocenters. The average molecular weight is 649 g/mol. The summed E-state index contributed by atoms with van der Waals surface area (Å²) in [7, 11) is -1.14. The molecule has 0 N–H and O–H groups in total. The molecular formula is C44H92Si. The third-order valence-electron chi connectivity index (χ3n) is 11.2. The van der Waals surface area contributed by atoms with Gasteiger partial charge in [-0.2, -0.15) is 0 Å². The van der Waals surface area contributed by atoms with E-state index >= 15 is 0 Å². The number of unbranched alkanes of at least 4 members (excludes halogenated alkanes) is 32. The van der Waals surface area contributed by atoms with E-state index in [1.165, 1.54) is 205 Å². The van der Waals surface area contributed by atoms with Gasteiger partial charge in [0.1, 0.15) is 0 Å². The van der Waals surface area contributed by atoms with Crippen LogP contribution in [0.5, 0.6) is 0 Å². The molecule has 0 fully saturated rings. The van der Waals surface area contributed by atoms with E-state index in [-0.39, 0.29) is 0 Å². The molecule has 0 spiro atoms. The van der Waals surface area contributed by atoms with Crippen molar-refractivity contribution in [1.82, 2.24) is 0 Å². The van der Waals surface area contributed by atoms with Crippen molar-refractivity contribution in [1.29, 1.82) is 0 Å². The zero-order valence-corrected chi connectivity index (χ0v) is 33.8. The summed E-state index contributed by atoms with van der Waals surface area (Å²) in [6.45, 7) is 9.37. The second-order valence-corrected chi connectivity index (χ2v) is 20.8. The summed E-state index contributed by atoms with van der Waals surface area (Å²) >= 11 is 0. The van der Waals surface area contributed by atoms with E-state index in [2.05, 4.69) is 27.7 Å². The first kappa shape index (κ1) is 45.2. The smallest absolute Gasteiger partial charge is 0.0535 e. The molecule has 0 amide bonds. The molecule has 0 atom stereocenters. The number of rotatable bonds is 40. The van der Waals surface area contributed by atoms with Crippen molar-refractivity contribution in [3.8, 4) is 0 Å². The fraction of sp³-hybridized carbons (Fsp3) is 1.00. The Labute approximate surface area is 290 Å². The van der Waals surface area contributed by atoms with Gasteiger partial charge in [0, 0.05) is 0 Å². The Morgan fingerprint density at radius 2 is 0.311 bits per heavy atom. The highest BCUT2D eigenvalue weighted by atomic mass is 28.3. The third kappa shape index (κ3) is 33.9. The van der Waals surface area contributed by atoms with Gasteiger partial charge >= 0.3 is 0 Å². The standard InChI is InChI=1S/C44H92Si/c1-5-9-13-17-21-25-29-33-37-41-45(42-38-34-30-26-22-18-14-10-6-2,43-39-35-31-27-23-19-15-11-7-3)44-40-36-32-28-24-20-16-12-8-4/h5-44H2,1-4H3. The SMILES string of the molecule is CCCCCCCCCCC[Si](CCCCCCCCCCC)(CCCCCCCCCCC)CCCCCCCCCCC. The Bertz CT molecular complexity index is 420. The van der Waals surface area contributed by atoms with Crippen molar-refractivity contribution in [3.05, 3.63) is 0 Å². The predicted molar refractivity (Wildman–Crippen MR) is 214 cm³/mol. The summed E-state index contributed by atoms with van der Waals surface area (Å²) in [5.41, 5.74) is 0. The van der Waals surface area contributed by atoms with Gasteiger partial charge in [-0.3, -0.25) is 0 Å². The van der Waals surface area contributed by atoms with Gasteiger partial charge in [0.25, 0.3) is 0 Å². The van der Waals surface area contributed by atoms with Crippen molar-refractivity contribution in [2.75, 3.05) is 0 Å². The quantitative estimate of drug-likeness (QED) is 0.0458. The van der Waals surface area contributed by atoms with Crippen LogP contribution in [0.25, 0.3) is 0 Å². The van der Waals surface area contributed by atoms with Gasteiger partial charge in [-0.1, -0.05) is 283 Å². The fourth-order valence-corrected chi connectivity index (χ4v) is 13.5. The Hall–Kier alpha value is 0.217. The molecule has 0 bridgehead atoms. The van der Waals surface area contributed by atoms with Crippen molar-refractivity contribution in [3.63, 3.8) is 0 Å². The van der Waals surface area contributed by atoms with Gasteiger partial charge in [-0.15, -0.1) is 0 Å². The molecule has 0 nitrogen and oxygen atoms in total. The summed E-state index contributed by atoms with van der Waals surface area (Å²) in [5, 5.41) is 0. The first-order chi connectivity index (χ1) is 22.2. The fourth-order valence-electron chi connectivity index (χ4n) is 7.99. The first-order valence-electron chi connectivity index (χ1n) is 22.2. The third-order valence-corrected chi connectivity index (χ3v) is 16.9. The average Bonchev–Trinajstić information content (AvgIpc) is 3.05. The van der Waals surface area contributed by atoms with Crippen LogP contribution in [0.2, 0.25) is 24.2 Å². The van der Waals surface area contributed by atoms with E-state index in [1.54, 1.807) is 49.9 Å². The molecule has 0 radical (unpaired) electrons. The highest BCUT2D eigenvalue weighted by molar-refractivity contribution is 6.79. The van der Waals surface area contributed by atoms with E-state index in [9.17, 15) is 0 Å². The molecule has 45 heavy (non-hydrogen) atoms. The van der Waals surface area contributed by atoms with Crippen LogP contribution in [0.4, 0.5) is 0 Å². The molecular weight excluding hydrogens is 557 g/mol. The Morgan fingerprint density at radius 1 is 0.178 bits per heavy atom. The lowest BCUT2D eigenvalue weighted by Gasteiger charge is -2.33. The molecule has 0 saturated heterocycles. The minimum Gasteiger partial charge on any atom is -0.0654 e. The Kier molecular flexibility index (Phi) is 38.8. The lowest BCUT2D eigenvalue weighted by atomic mass is 10.1. The topological polar surface area (TPSA) is 0 Å². The maximum absolute atomic E-state index is 2.34. The van der Waals surface area contributed by atoms with Gasteiger partial charge in [0.05, 0.1) is 8.07 Å². The molecule has 0 heterocycles. The van der Waals surface area contributed by atoms with E-state index in [1.807, 2.05) is 0 Å². The van der Waals surface area contributed by atoms with Gasteiger partial charge in [-0.25, -0.2) is 0 Å². The summed E-state index contributed by atoms with van der Waals surface area (Å²) in [6, 6.07) is 6.75. The van der Waals surface area contributed by atoms with Crippen molar-refractivity contribution < 1.29 is 0 Å². The maximum atomic E-state index is 2.34. The van der Waals surface area contributed by atoms with Crippen LogP contribution < -0.4 is 0 Å². The second-order valence-electron chi connectivity index (χ2n) is 15.8. The van der Waals surface area contributed by atoms with Crippen LogP contribution in [-0.2, 0) is 0 Å². The number of hydrogen-bond acceptors (Lipinski definition) is 0. The monoisotopic (exact) mass is 649 g/mol. The van der Waals surface area contributed by atoms with E-state index < -0.39 is 8.07 Å². The molecule has 1 heteroatoms. The van der Waals surface area contributed by atoms with Crippen LogP contribution in [0, 0.1) is 0 Å². The summed E-state index contributed by atoms with van der Waals surface area (Å²) in [6.07, 6.45) is 53.7. The van der Waals surface area contributed by atoms with Crippen molar-refractivity contribution in [2.45, 2.75) is 283 Å². The molecule has 0 aliphatic heterocycles. The minimum atomic E-state index is -1.14. The van der Waals surface area contributed by atoms with Gasteiger partial charge in [0.15, 0.2) is 0 Å². The van der Waals surface area contributed by atoms with Gasteiger partial charge < -0.3 is 0 Å². The Morgan fingerprint density at radius 3 is 0.467 bits per heavy atom. The zero-order valence-electron chi connectivity index (χ0n) is 32.8. The highest BCUT2D eigenvalue weighted by Crippen LogP contribution is 2.35. The second kappa shape index (κ2) is 38.7. The maximum Gasteiger partial charge on any atom is 0.0535 e. The molecule has 272 valence electrons. The summed E-state index contributed by atoms with van der Waals surface area (Å²) in [5.74, 6) is 0. The normalized spacial score (nSPS) is 12.0. The van der Waals surface area contributed by atoms with Crippen LogP contribution in [-0.4, -0.2) is 8.07 Å². The number of hydrogen-bond donors (Lipinski definition) is 0. The van der Waals surface area contributed by atoms with Crippen LogP contribution >= 0.6 is 0 Å². The van der Waals surface area contributed by atoms with Gasteiger partial charge in [-0.05, 0) is 0 Å². The van der Waals surface area contributed by atoms with E-state index in [0.717, 1.165) is 0 Å². The molecule has 0 aliphatic rings. The van der Waals surface area contributed by atoms with Crippen molar-refractivity contribution in [2.24, 2.45) is 0 Å². The van der Waals surface area contributed by atoms with Crippen LogP contribution in [0.15, 0.2) is 0 Å². The lowest BCUT2D eigenvalue weighted by Crippen LogP contribution is -2.34. The molecule has 0 aromatic heterocycles. The van der Waals surface area contributed by atoms with E-state index in [4.69, 9.17) is 0 Å².